The maximum Gasteiger partial charge on any atom is 0.151 e. The Morgan fingerprint density at radius 3 is 2.56 bits per heavy atom. The minimum atomic E-state index is 0.796. The van der Waals surface area contributed by atoms with Crippen molar-refractivity contribution < 1.29 is 0 Å². The molecule has 0 atom stereocenters. The lowest BCUT2D eigenvalue weighted by atomic mass is 10.2. The van der Waals surface area contributed by atoms with Gasteiger partial charge in [0.2, 0.25) is 0 Å². The third-order valence-corrected chi connectivity index (χ3v) is 3.15. The van der Waals surface area contributed by atoms with Crippen molar-refractivity contribution in [2.75, 3.05) is 43.4 Å². The van der Waals surface area contributed by atoms with E-state index in [1.807, 2.05) is 19.2 Å². The van der Waals surface area contributed by atoms with Gasteiger partial charge >= 0.3 is 0 Å². The van der Waals surface area contributed by atoms with Gasteiger partial charge in [-0.25, -0.2) is 4.98 Å². The van der Waals surface area contributed by atoms with Crippen LogP contribution in [0, 0.1) is 6.92 Å². The molecule has 1 aliphatic rings. The predicted molar refractivity (Wildman–Crippen MR) is 67.7 cm³/mol. The van der Waals surface area contributed by atoms with Gasteiger partial charge in [0.25, 0.3) is 0 Å². The van der Waals surface area contributed by atoms with Gasteiger partial charge in [-0.05, 0) is 25.1 Å². The fraction of sp³-hybridized carbons (Fsp3) is 0.583. The molecule has 0 unspecified atom stereocenters. The molecule has 0 aromatic carbocycles. The Hall–Kier alpha value is -1.29. The van der Waals surface area contributed by atoms with Crippen molar-refractivity contribution in [3.8, 4) is 0 Å². The summed E-state index contributed by atoms with van der Waals surface area (Å²) in [6, 6.07) is 1.99. The second-order valence-corrected chi connectivity index (χ2v) is 4.35. The Morgan fingerprint density at radius 1 is 1.31 bits per heavy atom. The van der Waals surface area contributed by atoms with Crippen LogP contribution in [0.1, 0.15) is 12.5 Å². The van der Waals surface area contributed by atoms with Gasteiger partial charge in [-0.3, -0.25) is 0 Å². The number of anilines is 2. The highest BCUT2D eigenvalue weighted by Gasteiger charge is 2.18. The number of aromatic nitrogens is 1. The minimum absolute atomic E-state index is 0.796. The topological polar surface area (TPSA) is 45.4 Å². The Bertz CT molecular complexity index is 356. The van der Waals surface area contributed by atoms with E-state index in [9.17, 15) is 0 Å². The number of rotatable bonds is 2. The molecule has 0 radical (unpaired) electrons. The minimum Gasteiger partial charge on any atom is -0.396 e. The van der Waals surface area contributed by atoms with E-state index >= 15 is 0 Å². The molecule has 4 heteroatoms. The fourth-order valence-electron chi connectivity index (χ4n) is 2.12. The highest BCUT2D eigenvalue weighted by Crippen LogP contribution is 2.21. The van der Waals surface area contributed by atoms with Crippen LogP contribution in [0.3, 0.4) is 0 Å². The van der Waals surface area contributed by atoms with Gasteiger partial charge in [-0.2, -0.15) is 0 Å². The Morgan fingerprint density at radius 2 is 2.00 bits per heavy atom. The molecular formula is C12H20N4. The summed E-state index contributed by atoms with van der Waals surface area (Å²) in [5, 5.41) is 0. The molecular weight excluding hydrogens is 200 g/mol. The predicted octanol–water partition coefficient (Wildman–Crippen LogP) is 1.11. The average molecular weight is 220 g/mol. The van der Waals surface area contributed by atoms with Gasteiger partial charge in [-0.15, -0.1) is 0 Å². The zero-order valence-electron chi connectivity index (χ0n) is 10.1. The van der Waals surface area contributed by atoms with Gasteiger partial charge in [0.05, 0.1) is 5.69 Å². The molecule has 1 aromatic heterocycles. The summed E-state index contributed by atoms with van der Waals surface area (Å²) in [7, 11) is 0. The van der Waals surface area contributed by atoms with Gasteiger partial charge in [0.15, 0.2) is 5.82 Å². The second-order valence-electron chi connectivity index (χ2n) is 4.35. The van der Waals surface area contributed by atoms with Crippen molar-refractivity contribution in [3.05, 3.63) is 17.8 Å². The molecule has 1 aromatic rings. The first-order valence-electron chi connectivity index (χ1n) is 5.90. The van der Waals surface area contributed by atoms with Crippen molar-refractivity contribution in [3.63, 3.8) is 0 Å². The summed E-state index contributed by atoms with van der Waals surface area (Å²) < 4.78 is 0. The number of hydrogen-bond donors (Lipinski definition) is 1. The summed E-state index contributed by atoms with van der Waals surface area (Å²) in [5.74, 6) is 0.946. The molecule has 2 N–H and O–H groups in total. The number of nitrogens with zero attached hydrogens (tertiary/aromatic N) is 3. The number of aryl methyl sites for hydroxylation is 1. The lowest BCUT2D eigenvalue weighted by Crippen LogP contribution is -2.46. The normalized spacial score (nSPS) is 17.8. The van der Waals surface area contributed by atoms with Crippen LogP contribution in [0.5, 0.6) is 0 Å². The number of nitrogen functional groups attached to an aromatic ring is 1. The van der Waals surface area contributed by atoms with Gasteiger partial charge in [0, 0.05) is 32.4 Å². The SMILES string of the molecule is CCN1CCN(c2ncc(C)cc2N)CC1. The Labute approximate surface area is 97.1 Å². The van der Waals surface area contributed by atoms with Crippen LogP contribution in [0.25, 0.3) is 0 Å². The molecule has 0 saturated carbocycles. The summed E-state index contributed by atoms with van der Waals surface area (Å²) in [4.78, 5) is 9.16. The molecule has 1 fully saturated rings. The molecule has 1 saturated heterocycles. The van der Waals surface area contributed by atoms with Crippen molar-refractivity contribution in [1.82, 2.24) is 9.88 Å². The maximum atomic E-state index is 6.00. The lowest BCUT2D eigenvalue weighted by molar-refractivity contribution is 0.270. The molecule has 2 heterocycles. The molecule has 0 bridgehead atoms. The number of likely N-dealkylation sites (N-methyl/N-ethyl adjacent to an activating group) is 1. The molecule has 0 amide bonds. The standard InChI is InChI=1S/C12H20N4/c1-3-15-4-6-16(7-5-15)12-11(13)8-10(2)9-14-12/h8-9H,3-7,13H2,1-2H3. The fourth-order valence-corrected chi connectivity index (χ4v) is 2.12. The summed E-state index contributed by atoms with van der Waals surface area (Å²) >= 11 is 0. The number of pyridine rings is 1. The summed E-state index contributed by atoms with van der Waals surface area (Å²) in [6.45, 7) is 9.60. The third kappa shape index (κ3) is 2.27. The number of nitrogens with two attached hydrogens (primary N) is 1. The third-order valence-electron chi connectivity index (χ3n) is 3.15. The Kier molecular flexibility index (Phi) is 3.29. The van der Waals surface area contributed by atoms with Gasteiger partial charge in [0.1, 0.15) is 0 Å². The zero-order chi connectivity index (χ0) is 11.5. The first kappa shape index (κ1) is 11.2. The van der Waals surface area contributed by atoms with Crippen molar-refractivity contribution in [2.45, 2.75) is 13.8 Å². The smallest absolute Gasteiger partial charge is 0.151 e. The van der Waals surface area contributed by atoms with E-state index in [1.165, 1.54) is 0 Å². The Balaban J connectivity index is 2.08. The highest BCUT2D eigenvalue weighted by atomic mass is 15.3. The van der Waals surface area contributed by atoms with Crippen molar-refractivity contribution >= 4 is 11.5 Å². The van der Waals surface area contributed by atoms with E-state index in [2.05, 4.69) is 21.7 Å². The van der Waals surface area contributed by atoms with Crippen LogP contribution in [-0.2, 0) is 0 Å². The van der Waals surface area contributed by atoms with Crippen LogP contribution in [0.4, 0.5) is 11.5 Å². The maximum absolute atomic E-state index is 6.00. The first-order valence-corrected chi connectivity index (χ1v) is 5.90. The number of piperazine rings is 1. The van der Waals surface area contributed by atoms with Crippen LogP contribution >= 0.6 is 0 Å². The largest absolute Gasteiger partial charge is 0.396 e. The first-order chi connectivity index (χ1) is 7.70. The second kappa shape index (κ2) is 4.70. The van der Waals surface area contributed by atoms with E-state index in [-0.39, 0.29) is 0 Å². The molecule has 0 spiro atoms. The van der Waals surface area contributed by atoms with Gasteiger partial charge < -0.3 is 15.5 Å². The molecule has 4 nitrogen and oxygen atoms in total. The van der Waals surface area contributed by atoms with Crippen LogP contribution in [0.15, 0.2) is 12.3 Å². The van der Waals surface area contributed by atoms with E-state index in [0.29, 0.717) is 0 Å². The van der Waals surface area contributed by atoms with E-state index in [0.717, 1.165) is 49.8 Å². The molecule has 0 aliphatic carbocycles. The van der Waals surface area contributed by atoms with Crippen molar-refractivity contribution in [1.29, 1.82) is 0 Å². The molecule has 1 aliphatic heterocycles. The molecule has 16 heavy (non-hydrogen) atoms. The summed E-state index contributed by atoms with van der Waals surface area (Å²) in [6.07, 6.45) is 1.89. The number of hydrogen-bond acceptors (Lipinski definition) is 4. The molecule has 88 valence electrons. The monoisotopic (exact) mass is 220 g/mol. The summed E-state index contributed by atoms with van der Waals surface area (Å²) in [5.41, 5.74) is 7.92. The molecule has 2 rings (SSSR count). The van der Waals surface area contributed by atoms with E-state index in [1.54, 1.807) is 0 Å². The van der Waals surface area contributed by atoms with Crippen LogP contribution < -0.4 is 10.6 Å². The van der Waals surface area contributed by atoms with Crippen LogP contribution in [-0.4, -0.2) is 42.6 Å². The van der Waals surface area contributed by atoms with Crippen molar-refractivity contribution in [2.24, 2.45) is 0 Å². The zero-order valence-corrected chi connectivity index (χ0v) is 10.1. The van der Waals surface area contributed by atoms with Crippen LogP contribution in [0.2, 0.25) is 0 Å². The lowest BCUT2D eigenvalue weighted by Gasteiger charge is -2.35. The van der Waals surface area contributed by atoms with E-state index in [4.69, 9.17) is 5.73 Å². The van der Waals surface area contributed by atoms with E-state index < -0.39 is 0 Å². The highest BCUT2D eigenvalue weighted by molar-refractivity contribution is 5.63. The quantitative estimate of drug-likeness (QED) is 0.811. The van der Waals surface area contributed by atoms with Gasteiger partial charge in [-0.1, -0.05) is 6.92 Å². The average Bonchev–Trinajstić information content (AvgIpc) is 2.29.